The molecule has 2 aliphatic carbocycles. The Labute approximate surface area is 422 Å². The number of piperidine rings is 1. The molecule has 2 aromatic heterocycles. The van der Waals surface area contributed by atoms with E-state index in [9.17, 15) is 19.5 Å². The monoisotopic (exact) mass is 968 g/mol. The Morgan fingerprint density at radius 3 is 2.08 bits per heavy atom. The number of hydrogen-bond donors (Lipinski definition) is 4. The van der Waals surface area contributed by atoms with E-state index in [0.717, 1.165) is 106 Å². The molecule has 5 fully saturated rings. The lowest BCUT2D eigenvalue weighted by atomic mass is 9.51. The molecule has 3 atom stereocenters. The molecule has 2 saturated carbocycles. The number of aryl methyl sites for hydroxylation is 1. The molecule has 4 N–H and O–H groups in total. The fourth-order valence-corrected chi connectivity index (χ4v) is 10.8. The number of amides is 3. The van der Waals surface area contributed by atoms with Crippen molar-refractivity contribution in [3.8, 4) is 29.4 Å². The fraction of sp³-hybridized carbons (Fsp3) is 0.554. The predicted octanol–water partition coefficient (Wildman–Crippen LogP) is 7.75. The van der Waals surface area contributed by atoms with Gasteiger partial charge in [-0.1, -0.05) is 71.2 Å². The SMILES string of the molecule is C#Cc1ccc(C(C)NC(=O)C2CCCN2C(=O)C(NC(=O)C2CC3(CCC3)C2)C(C)(C)C)cc1.CC.CNc1nnc(-c2ccccc2O)cc1N1CCN(C2CCN(c3ncc(C)cn3)CC2)CC1. The van der Waals surface area contributed by atoms with Gasteiger partial charge in [-0.2, -0.15) is 0 Å². The van der Waals surface area contributed by atoms with Crippen molar-refractivity contribution < 1.29 is 19.5 Å². The average Bonchev–Trinajstić information content (AvgIpc) is 3.86. The van der Waals surface area contributed by atoms with Crippen LogP contribution in [0.25, 0.3) is 11.3 Å². The van der Waals surface area contributed by atoms with Crippen LogP contribution < -0.4 is 25.8 Å². The zero-order valence-electron chi connectivity index (χ0n) is 43.4. The Morgan fingerprint density at radius 1 is 0.831 bits per heavy atom. The summed E-state index contributed by atoms with van der Waals surface area (Å²) in [7, 11) is 1.87. The van der Waals surface area contributed by atoms with Crippen molar-refractivity contribution in [3.63, 3.8) is 0 Å². The number of hydrogen-bond acceptors (Lipinski definition) is 12. The molecule has 15 nitrogen and oxygen atoms in total. The van der Waals surface area contributed by atoms with Crippen molar-refractivity contribution >= 4 is 35.2 Å². The Balaban J connectivity index is 0.000000202. The van der Waals surface area contributed by atoms with Crippen LogP contribution in [0, 0.1) is 36.0 Å². The number of likely N-dealkylation sites (tertiary alicyclic amines) is 1. The van der Waals surface area contributed by atoms with Crippen molar-refractivity contribution in [2.24, 2.45) is 16.7 Å². The molecule has 0 bridgehead atoms. The van der Waals surface area contributed by atoms with E-state index in [0.29, 0.717) is 35.7 Å². The first-order chi connectivity index (χ1) is 34.1. The number of benzene rings is 2. The molecule has 3 saturated heterocycles. The van der Waals surface area contributed by atoms with Crippen LogP contribution in [-0.2, 0) is 14.4 Å². The molecule has 4 aromatic rings. The zero-order valence-corrected chi connectivity index (χ0v) is 43.4. The van der Waals surface area contributed by atoms with E-state index in [4.69, 9.17) is 6.42 Å². The number of phenols is 1. The molecule has 3 amide bonds. The molecule has 9 rings (SSSR count). The third-order valence-electron chi connectivity index (χ3n) is 15.2. The highest BCUT2D eigenvalue weighted by atomic mass is 16.3. The molecule has 15 heteroatoms. The molecule has 380 valence electrons. The minimum Gasteiger partial charge on any atom is -0.507 e. The molecule has 5 heterocycles. The lowest BCUT2D eigenvalue weighted by molar-refractivity contribution is -0.147. The van der Waals surface area contributed by atoms with Crippen LogP contribution in [0.2, 0.25) is 0 Å². The highest BCUT2D eigenvalue weighted by Gasteiger charge is 2.52. The molecule has 2 aromatic carbocycles. The van der Waals surface area contributed by atoms with Gasteiger partial charge in [0.1, 0.15) is 17.8 Å². The van der Waals surface area contributed by atoms with Crippen LogP contribution in [0.15, 0.2) is 67.0 Å². The molecule has 0 radical (unpaired) electrons. The van der Waals surface area contributed by atoms with Gasteiger partial charge >= 0.3 is 0 Å². The molecule has 3 unspecified atom stereocenters. The first-order valence-corrected chi connectivity index (χ1v) is 26.0. The number of carbonyl (C=O) groups excluding carboxylic acids is 3. The van der Waals surface area contributed by atoms with E-state index in [1.54, 1.807) is 11.0 Å². The second-order valence-electron chi connectivity index (χ2n) is 21.0. The lowest BCUT2D eigenvalue weighted by Gasteiger charge is -2.53. The number of terminal acetylenes is 1. The Hall–Kier alpha value is -6.27. The van der Waals surface area contributed by atoms with E-state index in [1.165, 1.54) is 19.3 Å². The normalized spacial score (nSPS) is 19.9. The minimum atomic E-state index is -0.657. The van der Waals surface area contributed by atoms with Gasteiger partial charge in [0.2, 0.25) is 23.7 Å². The number of para-hydroxylation sites is 1. The van der Waals surface area contributed by atoms with Crippen LogP contribution >= 0.6 is 0 Å². The third-order valence-corrected chi connectivity index (χ3v) is 15.2. The van der Waals surface area contributed by atoms with Gasteiger partial charge in [-0.05, 0) is 118 Å². The Kier molecular flexibility index (Phi) is 17.3. The third kappa shape index (κ3) is 12.4. The van der Waals surface area contributed by atoms with Gasteiger partial charge in [-0.15, -0.1) is 16.6 Å². The maximum absolute atomic E-state index is 13.7. The number of phenolic OH excluding ortho intramolecular Hbond substituents is 1. The summed E-state index contributed by atoms with van der Waals surface area (Å²) in [6, 6.07) is 16.0. The number of anilines is 3. The van der Waals surface area contributed by atoms with Gasteiger partial charge in [0.05, 0.1) is 17.4 Å². The summed E-state index contributed by atoms with van der Waals surface area (Å²) in [4.78, 5) is 57.9. The highest BCUT2D eigenvalue weighted by Crippen LogP contribution is 2.58. The maximum Gasteiger partial charge on any atom is 0.246 e. The number of aromatic hydroxyl groups is 1. The summed E-state index contributed by atoms with van der Waals surface area (Å²) in [6.07, 6.45) is 18.5. The molecule has 5 aliphatic rings. The second kappa shape index (κ2) is 23.3. The van der Waals surface area contributed by atoms with Gasteiger partial charge in [0, 0.05) is 88.3 Å². The first kappa shape index (κ1) is 52.6. The topological polar surface area (TPSA) is 172 Å². The summed E-state index contributed by atoms with van der Waals surface area (Å²) < 4.78 is 0. The van der Waals surface area contributed by atoms with Crippen LogP contribution in [-0.4, -0.2) is 124 Å². The summed E-state index contributed by atoms with van der Waals surface area (Å²) in [5.74, 6) is 4.09. The minimum absolute atomic E-state index is 0.00679. The molecule has 3 aliphatic heterocycles. The van der Waals surface area contributed by atoms with Crippen molar-refractivity contribution in [1.29, 1.82) is 0 Å². The molecule has 71 heavy (non-hydrogen) atoms. The Bertz CT molecular complexity index is 2460. The van der Waals surface area contributed by atoms with Crippen molar-refractivity contribution in [2.75, 3.05) is 68.0 Å². The van der Waals surface area contributed by atoms with Gasteiger partial charge in [-0.25, -0.2) is 9.97 Å². The summed E-state index contributed by atoms with van der Waals surface area (Å²) in [5.41, 5.74) is 5.19. The smallest absolute Gasteiger partial charge is 0.246 e. The quantitative estimate of drug-likeness (QED) is 0.108. The standard InChI is InChI=1S/C29H39N3O3.C25H32N8O.C2H6/c1-6-20-10-12-21(13-11-20)19(2)30-26(34)23-9-7-16-32(23)27(35)24(28(3,4)5)31-25(33)22-17-29(18-22)14-8-15-29;1-18-16-27-25(28-17-18)33-9-7-19(8-10-33)31-11-13-32(14-12-31)22-15-21(29-30-24(22)26-2)20-5-3-4-6-23(20)34;1-2/h1,10-13,19,22-24H,7-9,14-18H2,2-5H3,(H,30,34)(H,31,33);3-6,15-17,19,34H,7-14H2,1-2H3,(H,26,30);1-2H3. The van der Waals surface area contributed by atoms with E-state index in [1.807, 2.05) is 116 Å². The second-order valence-corrected chi connectivity index (χ2v) is 21.0. The average molecular weight is 968 g/mol. The van der Waals surface area contributed by atoms with Gasteiger partial charge in [0.15, 0.2) is 5.82 Å². The number of carbonyl (C=O) groups is 3. The van der Waals surface area contributed by atoms with E-state index in [-0.39, 0.29) is 35.4 Å². The van der Waals surface area contributed by atoms with Crippen LogP contribution in [0.1, 0.15) is 122 Å². The fourth-order valence-electron chi connectivity index (χ4n) is 10.8. The van der Waals surface area contributed by atoms with Gasteiger partial charge < -0.3 is 35.8 Å². The summed E-state index contributed by atoms with van der Waals surface area (Å²) in [6.45, 7) is 20.3. The number of piperazine rings is 1. The summed E-state index contributed by atoms with van der Waals surface area (Å²) in [5, 5.41) is 28.3. The van der Waals surface area contributed by atoms with Crippen molar-refractivity contribution in [3.05, 3.63) is 83.7 Å². The van der Waals surface area contributed by atoms with Crippen LogP contribution in [0.4, 0.5) is 17.5 Å². The number of nitrogens with one attached hydrogen (secondary N) is 3. The molecular weight excluding hydrogens is 891 g/mol. The van der Waals surface area contributed by atoms with Crippen molar-refractivity contribution in [2.45, 2.75) is 130 Å². The predicted molar refractivity (Wildman–Crippen MR) is 282 cm³/mol. The van der Waals surface area contributed by atoms with Crippen molar-refractivity contribution in [1.82, 2.24) is 40.6 Å². The van der Waals surface area contributed by atoms with E-state index in [2.05, 4.69) is 56.7 Å². The maximum atomic E-state index is 13.7. The van der Waals surface area contributed by atoms with Crippen LogP contribution in [0.3, 0.4) is 0 Å². The largest absolute Gasteiger partial charge is 0.507 e. The van der Waals surface area contributed by atoms with Gasteiger partial charge in [0.25, 0.3) is 0 Å². The van der Waals surface area contributed by atoms with Crippen LogP contribution in [0.5, 0.6) is 5.75 Å². The number of nitrogens with zero attached hydrogens (tertiary/aromatic N) is 8. The Morgan fingerprint density at radius 2 is 1.49 bits per heavy atom. The number of rotatable bonds is 11. The first-order valence-electron chi connectivity index (χ1n) is 26.0. The number of aromatic nitrogens is 4. The highest BCUT2D eigenvalue weighted by molar-refractivity contribution is 5.93. The van der Waals surface area contributed by atoms with E-state index < -0.39 is 17.5 Å². The zero-order chi connectivity index (χ0) is 50.9. The lowest BCUT2D eigenvalue weighted by Crippen LogP contribution is -2.60. The summed E-state index contributed by atoms with van der Waals surface area (Å²) >= 11 is 0. The van der Waals surface area contributed by atoms with E-state index >= 15 is 0 Å². The molecular formula is C56H77N11O4. The van der Waals surface area contributed by atoms with Gasteiger partial charge in [-0.3, -0.25) is 19.3 Å². The molecule has 1 spiro atoms.